The van der Waals surface area contributed by atoms with Crippen LogP contribution in [0, 0.1) is 13.8 Å². The normalized spacial score (nSPS) is 17.4. The molecule has 2 fully saturated rings. The molecule has 4 aromatic rings. The topological polar surface area (TPSA) is 52.2 Å². The number of hydrogen-bond donors (Lipinski definition) is 1. The van der Waals surface area contributed by atoms with Gasteiger partial charge in [-0.2, -0.15) is 0 Å². The van der Waals surface area contributed by atoms with Crippen LogP contribution in [0.2, 0.25) is 0 Å². The van der Waals surface area contributed by atoms with E-state index in [0.29, 0.717) is 5.92 Å². The molecule has 2 aliphatic rings. The number of pyridine rings is 1. The second-order valence-corrected chi connectivity index (χ2v) is 13.2. The summed E-state index contributed by atoms with van der Waals surface area (Å²) in [5.41, 5.74) is 7.31. The van der Waals surface area contributed by atoms with E-state index in [4.69, 9.17) is 0 Å². The Kier molecular flexibility index (Phi) is 7.11. The average Bonchev–Trinajstić information content (AvgIpc) is 3.67. The van der Waals surface area contributed by atoms with Crippen molar-refractivity contribution in [1.82, 2.24) is 19.8 Å². The SMILES string of the molecule is Cc1cc(C)cc(-c2[nH]c3sc(C(C)(C)C(=O)N4CCCC4)cc3c2CN2CCC(c3ccncc3)CC2)c1. The van der Waals surface area contributed by atoms with Gasteiger partial charge in [-0.1, -0.05) is 17.2 Å². The number of carbonyl (C=O) groups excluding carboxylic acids is 1. The van der Waals surface area contributed by atoms with Crippen LogP contribution in [0.4, 0.5) is 0 Å². The highest BCUT2D eigenvalue weighted by molar-refractivity contribution is 7.19. The number of rotatable bonds is 6. The summed E-state index contributed by atoms with van der Waals surface area (Å²) in [7, 11) is 0. The van der Waals surface area contributed by atoms with Crippen LogP contribution in [0.15, 0.2) is 48.8 Å². The minimum atomic E-state index is -0.519. The lowest BCUT2D eigenvalue weighted by Gasteiger charge is -2.32. The molecule has 204 valence electrons. The van der Waals surface area contributed by atoms with Gasteiger partial charge < -0.3 is 9.88 Å². The Morgan fingerprint density at radius 2 is 1.67 bits per heavy atom. The number of aromatic nitrogens is 2. The highest BCUT2D eigenvalue weighted by Crippen LogP contribution is 2.42. The molecule has 2 aliphatic heterocycles. The molecule has 1 aromatic carbocycles. The Morgan fingerprint density at radius 3 is 2.33 bits per heavy atom. The highest BCUT2D eigenvalue weighted by atomic mass is 32.1. The fourth-order valence-electron chi connectivity index (χ4n) is 6.57. The molecule has 2 saturated heterocycles. The summed E-state index contributed by atoms with van der Waals surface area (Å²) < 4.78 is 0. The van der Waals surface area contributed by atoms with Crippen LogP contribution in [-0.2, 0) is 16.8 Å². The van der Waals surface area contributed by atoms with E-state index in [9.17, 15) is 4.79 Å². The van der Waals surface area contributed by atoms with Gasteiger partial charge in [0.05, 0.1) is 11.1 Å². The first-order chi connectivity index (χ1) is 18.8. The molecule has 0 saturated carbocycles. The zero-order valence-corrected chi connectivity index (χ0v) is 24.5. The second kappa shape index (κ2) is 10.5. The lowest BCUT2D eigenvalue weighted by atomic mass is 9.88. The van der Waals surface area contributed by atoms with Crippen molar-refractivity contribution < 1.29 is 4.79 Å². The largest absolute Gasteiger partial charge is 0.346 e. The molecule has 0 spiro atoms. The predicted molar refractivity (Wildman–Crippen MR) is 161 cm³/mol. The van der Waals surface area contributed by atoms with Crippen LogP contribution in [0.3, 0.4) is 0 Å². The zero-order valence-electron chi connectivity index (χ0n) is 23.7. The molecule has 0 radical (unpaired) electrons. The van der Waals surface area contributed by atoms with E-state index < -0.39 is 5.41 Å². The van der Waals surface area contributed by atoms with Crippen molar-refractivity contribution in [2.75, 3.05) is 26.2 Å². The fraction of sp³-hybridized carbons (Fsp3) is 0.455. The van der Waals surface area contributed by atoms with E-state index in [-0.39, 0.29) is 5.91 Å². The Hall–Kier alpha value is -2.96. The number of thiophene rings is 1. The summed E-state index contributed by atoms with van der Waals surface area (Å²) in [5, 5.41) is 1.28. The molecule has 1 amide bonds. The van der Waals surface area contributed by atoms with Gasteiger partial charge in [0, 0.05) is 47.9 Å². The van der Waals surface area contributed by atoms with Crippen LogP contribution in [0.5, 0.6) is 0 Å². The van der Waals surface area contributed by atoms with Crippen LogP contribution >= 0.6 is 11.3 Å². The molecule has 5 heterocycles. The number of nitrogens with one attached hydrogen (secondary N) is 1. The molecular formula is C33H40N4OS. The van der Waals surface area contributed by atoms with Crippen LogP contribution in [-0.4, -0.2) is 51.9 Å². The molecule has 5 nitrogen and oxygen atoms in total. The Morgan fingerprint density at radius 1 is 1.00 bits per heavy atom. The predicted octanol–water partition coefficient (Wildman–Crippen LogP) is 7.19. The average molecular weight is 541 g/mol. The maximum atomic E-state index is 13.5. The Bertz CT molecular complexity index is 1450. The minimum absolute atomic E-state index is 0.262. The summed E-state index contributed by atoms with van der Waals surface area (Å²) in [4.78, 5) is 28.5. The molecule has 0 unspecified atom stereocenters. The van der Waals surface area contributed by atoms with Gasteiger partial charge in [-0.15, -0.1) is 11.3 Å². The van der Waals surface area contributed by atoms with Gasteiger partial charge in [-0.3, -0.25) is 14.7 Å². The quantitative estimate of drug-likeness (QED) is 0.282. The first kappa shape index (κ1) is 26.3. The third-order valence-electron chi connectivity index (χ3n) is 8.80. The zero-order chi connectivity index (χ0) is 27.1. The van der Waals surface area contributed by atoms with Gasteiger partial charge in [0.15, 0.2) is 0 Å². The number of nitrogens with zero attached hydrogens (tertiary/aromatic N) is 3. The number of likely N-dealkylation sites (tertiary alicyclic amines) is 2. The molecule has 0 atom stereocenters. The maximum absolute atomic E-state index is 13.5. The lowest BCUT2D eigenvalue weighted by molar-refractivity contribution is -0.135. The highest BCUT2D eigenvalue weighted by Gasteiger charge is 2.37. The first-order valence-corrected chi connectivity index (χ1v) is 15.3. The van der Waals surface area contributed by atoms with Gasteiger partial charge in [-0.25, -0.2) is 0 Å². The molecule has 0 bridgehead atoms. The number of H-pyrrole nitrogens is 1. The summed E-state index contributed by atoms with van der Waals surface area (Å²) >= 11 is 1.76. The molecule has 39 heavy (non-hydrogen) atoms. The van der Waals surface area contributed by atoms with Crippen LogP contribution < -0.4 is 0 Å². The molecule has 6 heteroatoms. The monoisotopic (exact) mass is 540 g/mol. The summed E-state index contributed by atoms with van der Waals surface area (Å²) in [6, 6.07) is 13.5. The van der Waals surface area contributed by atoms with Crippen molar-refractivity contribution in [1.29, 1.82) is 0 Å². The smallest absolute Gasteiger partial charge is 0.233 e. The third kappa shape index (κ3) is 5.17. The standard InChI is InChI=1S/C33H40N4OS/c1-22-17-23(2)19-26(18-22)30-28(21-36-15-9-25(10-16-36)24-7-11-34-12-8-24)27-20-29(39-31(27)35-30)33(3,4)32(38)37-13-5-6-14-37/h7-8,11-12,17-20,25,35H,5-6,9-10,13-16,21H2,1-4H3. The number of carbonyl (C=O) groups is 1. The van der Waals surface area contributed by atoms with E-state index in [1.165, 1.54) is 56.6 Å². The lowest BCUT2D eigenvalue weighted by Crippen LogP contribution is -2.41. The molecule has 1 N–H and O–H groups in total. The number of aryl methyl sites for hydroxylation is 2. The number of piperidine rings is 1. The number of aromatic amines is 1. The van der Waals surface area contributed by atoms with Gasteiger partial charge in [0.2, 0.25) is 5.91 Å². The van der Waals surface area contributed by atoms with E-state index in [1.807, 2.05) is 12.4 Å². The van der Waals surface area contributed by atoms with Gasteiger partial charge in [-0.05, 0) is 114 Å². The van der Waals surface area contributed by atoms with Gasteiger partial charge in [0.1, 0.15) is 4.83 Å². The third-order valence-corrected chi connectivity index (χ3v) is 10.2. The first-order valence-electron chi connectivity index (χ1n) is 14.4. The van der Waals surface area contributed by atoms with Crippen molar-refractivity contribution in [2.45, 2.75) is 71.3 Å². The molecular weight excluding hydrogens is 500 g/mol. The maximum Gasteiger partial charge on any atom is 0.233 e. The molecule has 6 rings (SSSR count). The molecule has 3 aromatic heterocycles. The Balaban J connectivity index is 1.33. The number of amides is 1. The van der Waals surface area contributed by atoms with E-state index in [2.05, 4.69) is 83.9 Å². The molecule has 0 aliphatic carbocycles. The fourth-order valence-corrected chi connectivity index (χ4v) is 7.76. The van der Waals surface area contributed by atoms with E-state index in [0.717, 1.165) is 50.4 Å². The van der Waals surface area contributed by atoms with Crippen molar-refractivity contribution in [3.05, 3.63) is 75.9 Å². The Labute approximate surface area is 236 Å². The van der Waals surface area contributed by atoms with Gasteiger partial charge >= 0.3 is 0 Å². The van der Waals surface area contributed by atoms with Crippen molar-refractivity contribution in [3.63, 3.8) is 0 Å². The second-order valence-electron chi connectivity index (χ2n) is 12.2. The summed E-state index contributed by atoms with van der Waals surface area (Å²) in [6.07, 6.45) is 8.41. The summed E-state index contributed by atoms with van der Waals surface area (Å²) in [5.74, 6) is 0.873. The van der Waals surface area contributed by atoms with Gasteiger partial charge in [0.25, 0.3) is 0 Å². The summed E-state index contributed by atoms with van der Waals surface area (Å²) in [6.45, 7) is 13.4. The van der Waals surface area contributed by atoms with Crippen LogP contribution in [0.1, 0.15) is 72.6 Å². The number of benzene rings is 1. The van der Waals surface area contributed by atoms with Crippen molar-refractivity contribution in [2.24, 2.45) is 0 Å². The number of hydrogen-bond acceptors (Lipinski definition) is 4. The van der Waals surface area contributed by atoms with Crippen LogP contribution in [0.25, 0.3) is 21.5 Å². The van der Waals surface area contributed by atoms with E-state index in [1.54, 1.807) is 11.3 Å². The minimum Gasteiger partial charge on any atom is -0.346 e. The number of fused-ring (bicyclic) bond motifs is 1. The van der Waals surface area contributed by atoms with Crippen molar-refractivity contribution in [3.8, 4) is 11.3 Å². The van der Waals surface area contributed by atoms with Crippen molar-refractivity contribution >= 4 is 27.5 Å². The van der Waals surface area contributed by atoms with E-state index >= 15 is 0 Å².